The number of carbonyl (C=O) groups is 1. The molecule has 1 atom stereocenters. The van der Waals surface area contributed by atoms with Gasteiger partial charge in [-0.1, -0.05) is 0 Å². The van der Waals surface area contributed by atoms with E-state index < -0.39 is 0 Å². The van der Waals surface area contributed by atoms with Gasteiger partial charge in [0.2, 0.25) is 0 Å². The van der Waals surface area contributed by atoms with Crippen molar-refractivity contribution in [2.45, 2.75) is 64.3 Å². The quantitative estimate of drug-likeness (QED) is 0.845. The average molecular weight is 352 g/mol. The molecule has 0 aromatic carbocycles. The first-order chi connectivity index (χ1) is 12.6. The van der Waals surface area contributed by atoms with Crippen LogP contribution in [0.25, 0.3) is 0 Å². The molecule has 0 bridgehead atoms. The highest BCUT2D eigenvalue weighted by Crippen LogP contribution is 2.29. The summed E-state index contributed by atoms with van der Waals surface area (Å²) in [4.78, 5) is 24.3. The van der Waals surface area contributed by atoms with Crippen molar-refractivity contribution in [3.63, 3.8) is 0 Å². The molecule has 2 aromatic heterocycles. The van der Waals surface area contributed by atoms with E-state index in [0.29, 0.717) is 12.0 Å². The van der Waals surface area contributed by atoms with Gasteiger partial charge in [0, 0.05) is 49.3 Å². The Bertz CT molecular complexity index is 795. The van der Waals surface area contributed by atoms with E-state index in [1.54, 1.807) is 6.20 Å². The topological polar surface area (TPSA) is 51.0 Å². The van der Waals surface area contributed by atoms with Crippen molar-refractivity contribution in [2.75, 3.05) is 13.1 Å². The summed E-state index contributed by atoms with van der Waals surface area (Å²) in [7, 11) is 0. The summed E-state index contributed by atoms with van der Waals surface area (Å²) in [6.07, 6.45) is 12.4. The molecule has 2 aromatic rings. The molecule has 3 heterocycles. The molecule has 1 saturated heterocycles. The number of fused-ring (bicyclic) bond motifs is 1. The van der Waals surface area contributed by atoms with Gasteiger partial charge in [0.1, 0.15) is 5.82 Å². The number of amides is 1. The van der Waals surface area contributed by atoms with Crippen LogP contribution in [0.2, 0.25) is 0 Å². The highest BCUT2D eigenvalue weighted by molar-refractivity contribution is 5.94. The molecule has 5 nitrogen and oxygen atoms in total. The van der Waals surface area contributed by atoms with E-state index in [2.05, 4.69) is 34.4 Å². The summed E-state index contributed by atoms with van der Waals surface area (Å²) in [5, 5.41) is 0. The van der Waals surface area contributed by atoms with E-state index in [4.69, 9.17) is 0 Å². The molecule has 2 aliphatic rings. The van der Waals surface area contributed by atoms with Crippen molar-refractivity contribution in [3.8, 4) is 0 Å². The third-order valence-electron chi connectivity index (χ3n) is 5.75. The number of aromatic nitrogens is 3. The number of likely N-dealkylation sites (tertiary alicyclic amines) is 1. The van der Waals surface area contributed by atoms with Crippen LogP contribution in [0.5, 0.6) is 0 Å². The summed E-state index contributed by atoms with van der Waals surface area (Å²) in [5.74, 6) is 1.55. The Hall–Kier alpha value is -2.17. The van der Waals surface area contributed by atoms with Gasteiger partial charge in [-0.15, -0.1) is 0 Å². The molecule has 1 fully saturated rings. The van der Waals surface area contributed by atoms with E-state index in [9.17, 15) is 4.79 Å². The average Bonchev–Trinajstić information content (AvgIpc) is 3.17. The molecule has 138 valence electrons. The Balaban J connectivity index is 1.52. The summed E-state index contributed by atoms with van der Waals surface area (Å²) < 4.78 is 2.24. The Labute approximate surface area is 155 Å². The molecule has 26 heavy (non-hydrogen) atoms. The zero-order valence-electron chi connectivity index (χ0n) is 15.8. The van der Waals surface area contributed by atoms with Crippen molar-refractivity contribution in [2.24, 2.45) is 0 Å². The predicted molar refractivity (Wildman–Crippen MR) is 101 cm³/mol. The molecule has 1 amide bonds. The SMILES string of the molecule is CC(C)n1ccnc1[C@H]1CCCN(C(=O)c2cnc3c(c2)CCCC3)C1. The molecule has 0 saturated carbocycles. The molecular weight excluding hydrogens is 324 g/mol. The fraction of sp³-hybridized carbons (Fsp3) is 0.571. The maximum atomic E-state index is 13.1. The number of rotatable bonds is 3. The number of piperidine rings is 1. The number of hydrogen-bond acceptors (Lipinski definition) is 3. The van der Waals surface area contributed by atoms with Gasteiger partial charge in [-0.05, 0) is 64.0 Å². The monoisotopic (exact) mass is 352 g/mol. The Kier molecular flexibility index (Phi) is 4.79. The van der Waals surface area contributed by atoms with Gasteiger partial charge in [-0.2, -0.15) is 0 Å². The summed E-state index contributed by atoms with van der Waals surface area (Å²) in [5.41, 5.74) is 3.20. The van der Waals surface area contributed by atoms with Crippen molar-refractivity contribution in [1.82, 2.24) is 19.4 Å². The van der Waals surface area contributed by atoms with E-state index in [-0.39, 0.29) is 5.91 Å². The maximum absolute atomic E-state index is 13.1. The second-order valence-electron chi connectivity index (χ2n) is 7.91. The van der Waals surface area contributed by atoms with Gasteiger partial charge in [0.25, 0.3) is 5.91 Å². The van der Waals surface area contributed by atoms with Crippen LogP contribution in [0, 0.1) is 0 Å². The molecule has 0 N–H and O–H groups in total. The van der Waals surface area contributed by atoms with Crippen molar-refractivity contribution < 1.29 is 4.79 Å². The lowest BCUT2D eigenvalue weighted by Gasteiger charge is -2.33. The molecule has 0 spiro atoms. The first kappa shape index (κ1) is 17.3. The van der Waals surface area contributed by atoms with E-state index in [0.717, 1.165) is 50.2 Å². The van der Waals surface area contributed by atoms with E-state index in [1.807, 2.05) is 17.3 Å². The maximum Gasteiger partial charge on any atom is 0.255 e. The van der Waals surface area contributed by atoms with Crippen molar-refractivity contribution in [3.05, 3.63) is 47.3 Å². The van der Waals surface area contributed by atoms with Gasteiger partial charge in [-0.3, -0.25) is 9.78 Å². The third kappa shape index (κ3) is 3.27. The number of hydrogen-bond donors (Lipinski definition) is 0. The number of aryl methyl sites for hydroxylation is 2. The summed E-state index contributed by atoms with van der Waals surface area (Å²) >= 11 is 0. The molecule has 0 unspecified atom stereocenters. The minimum Gasteiger partial charge on any atom is -0.338 e. The molecule has 5 heteroatoms. The second kappa shape index (κ2) is 7.22. The van der Waals surface area contributed by atoms with Gasteiger partial charge in [0.15, 0.2) is 0 Å². The van der Waals surface area contributed by atoms with Gasteiger partial charge in [-0.25, -0.2) is 4.98 Å². The number of carbonyl (C=O) groups excluding carboxylic acids is 1. The fourth-order valence-electron chi connectivity index (χ4n) is 4.34. The Morgan fingerprint density at radius 1 is 1.19 bits per heavy atom. The minimum atomic E-state index is 0.123. The van der Waals surface area contributed by atoms with Crippen LogP contribution in [-0.4, -0.2) is 38.4 Å². The van der Waals surface area contributed by atoms with Gasteiger partial charge >= 0.3 is 0 Å². The summed E-state index contributed by atoms with van der Waals surface area (Å²) in [6, 6.07) is 2.48. The number of imidazole rings is 1. The highest BCUT2D eigenvalue weighted by Gasteiger charge is 2.29. The lowest BCUT2D eigenvalue weighted by atomic mass is 9.94. The largest absolute Gasteiger partial charge is 0.338 e. The van der Waals surface area contributed by atoms with Crippen LogP contribution < -0.4 is 0 Å². The van der Waals surface area contributed by atoms with Crippen LogP contribution in [0.3, 0.4) is 0 Å². The zero-order valence-corrected chi connectivity index (χ0v) is 15.8. The van der Waals surface area contributed by atoms with E-state index in [1.165, 1.54) is 24.1 Å². The van der Waals surface area contributed by atoms with Gasteiger partial charge < -0.3 is 9.47 Å². The smallest absolute Gasteiger partial charge is 0.255 e. The Morgan fingerprint density at radius 2 is 2.04 bits per heavy atom. The van der Waals surface area contributed by atoms with Crippen LogP contribution in [-0.2, 0) is 12.8 Å². The second-order valence-corrected chi connectivity index (χ2v) is 7.91. The lowest BCUT2D eigenvalue weighted by molar-refractivity contribution is 0.0702. The number of pyridine rings is 1. The van der Waals surface area contributed by atoms with E-state index >= 15 is 0 Å². The third-order valence-corrected chi connectivity index (χ3v) is 5.75. The molecular formula is C21H28N4O. The standard InChI is InChI=1S/C21H28N4O/c1-15(2)25-11-9-22-20(25)17-7-5-10-24(14-17)21(26)18-12-16-6-3-4-8-19(16)23-13-18/h9,11-13,15,17H,3-8,10,14H2,1-2H3/t17-/m0/s1. The fourth-order valence-corrected chi connectivity index (χ4v) is 4.34. The first-order valence-electron chi connectivity index (χ1n) is 9.93. The normalized spacial score (nSPS) is 20.3. The van der Waals surface area contributed by atoms with Crippen LogP contribution >= 0.6 is 0 Å². The van der Waals surface area contributed by atoms with Crippen molar-refractivity contribution >= 4 is 5.91 Å². The lowest BCUT2D eigenvalue weighted by Crippen LogP contribution is -2.40. The first-order valence-corrected chi connectivity index (χ1v) is 9.93. The molecule has 0 radical (unpaired) electrons. The minimum absolute atomic E-state index is 0.123. The van der Waals surface area contributed by atoms with Gasteiger partial charge in [0.05, 0.1) is 5.56 Å². The van der Waals surface area contributed by atoms with Crippen LogP contribution in [0.1, 0.15) is 78.9 Å². The molecule has 4 rings (SSSR count). The molecule has 1 aliphatic carbocycles. The Morgan fingerprint density at radius 3 is 2.88 bits per heavy atom. The number of nitrogens with zero attached hydrogens (tertiary/aromatic N) is 4. The van der Waals surface area contributed by atoms with Crippen LogP contribution in [0.15, 0.2) is 24.7 Å². The van der Waals surface area contributed by atoms with Crippen molar-refractivity contribution in [1.29, 1.82) is 0 Å². The highest BCUT2D eigenvalue weighted by atomic mass is 16.2. The predicted octanol–water partition coefficient (Wildman–Crippen LogP) is 3.76. The van der Waals surface area contributed by atoms with Crippen LogP contribution in [0.4, 0.5) is 0 Å². The molecule has 1 aliphatic heterocycles. The zero-order chi connectivity index (χ0) is 18.1. The summed E-state index contributed by atoms with van der Waals surface area (Å²) in [6.45, 7) is 5.93.